The molecule has 8 nitrogen and oxygen atoms in total. The van der Waals surface area contributed by atoms with Crippen LogP contribution < -0.4 is 15.1 Å². The van der Waals surface area contributed by atoms with Gasteiger partial charge in [0.1, 0.15) is 0 Å². The molecule has 1 aromatic carbocycles. The van der Waals surface area contributed by atoms with Crippen molar-refractivity contribution in [3.63, 3.8) is 0 Å². The molecule has 8 heteroatoms. The maximum absolute atomic E-state index is 13.0. The van der Waals surface area contributed by atoms with Crippen molar-refractivity contribution < 1.29 is 9.53 Å². The predicted molar refractivity (Wildman–Crippen MR) is 133 cm³/mol. The Bertz CT molecular complexity index is 982. The summed E-state index contributed by atoms with van der Waals surface area (Å²) in [5, 5.41) is 3.32. The predicted octanol–water partition coefficient (Wildman–Crippen LogP) is 3.39. The van der Waals surface area contributed by atoms with Crippen LogP contribution in [0.15, 0.2) is 42.7 Å². The molecule has 1 N–H and O–H groups in total. The van der Waals surface area contributed by atoms with Gasteiger partial charge in [0.2, 0.25) is 5.95 Å². The summed E-state index contributed by atoms with van der Waals surface area (Å²) in [7, 11) is 6.37. The summed E-state index contributed by atoms with van der Waals surface area (Å²) < 4.78 is 5.47. The van der Waals surface area contributed by atoms with Gasteiger partial charge in [0.15, 0.2) is 0 Å². The largest absolute Gasteiger partial charge is 0.381 e. The van der Waals surface area contributed by atoms with Crippen LogP contribution in [0.25, 0.3) is 0 Å². The molecule has 3 aliphatic rings. The highest BCUT2D eigenvalue weighted by Crippen LogP contribution is 2.46. The van der Waals surface area contributed by atoms with Crippen molar-refractivity contribution in [1.29, 1.82) is 0 Å². The van der Waals surface area contributed by atoms with E-state index in [-0.39, 0.29) is 17.1 Å². The van der Waals surface area contributed by atoms with Crippen LogP contribution in [-0.2, 0) is 10.3 Å². The number of nitrogens with one attached hydrogen (secondary N) is 1. The van der Waals surface area contributed by atoms with Crippen LogP contribution in [0.1, 0.15) is 44.1 Å². The summed E-state index contributed by atoms with van der Waals surface area (Å²) in [6.07, 6.45) is 9.42. The van der Waals surface area contributed by atoms with Crippen LogP contribution in [0.2, 0.25) is 0 Å². The number of carbonyl (C=O) groups is 1. The molecule has 5 rings (SSSR count). The molecule has 34 heavy (non-hydrogen) atoms. The first-order valence-electron chi connectivity index (χ1n) is 12.4. The third-order valence-electron chi connectivity index (χ3n) is 8.27. The average molecular weight is 465 g/mol. The number of anilines is 2. The lowest BCUT2D eigenvalue weighted by atomic mass is 9.69. The molecule has 3 fully saturated rings. The topological polar surface area (TPSA) is 73.8 Å². The molecule has 182 valence electrons. The Hall–Kier alpha value is -2.71. The molecule has 2 saturated heterocycles. The highest BCUT2D eigenvalue weighted by Gasteiger charge is 2.50. The molecule has 0 unspecified atom stereocenters. The minimum Gasteiger partial charge on any atom is -0.381 e. The van der Waals surface area contributed by atoms with Crippen molar-refractivity contribution in [2.24, 2.45) is 0 Å². The van der Waals surface area contributed by atoms with Gasteiger partial charge in [0.05, 0.1) is 30.2 Å². The normalized spacial score (nSPS) is 27.9. The highest BCUT2D eigenvalue weighted by atomic mass is 16.5. The van der Waals surface area contributed by atoms with E-state index in [0.29, 0.717) is 18.5 Å². The molecule has 0 radical (unpaired) electrons. The summed E-state index contributed by atoms with van der Waals surface area (Å²) in [6.45, 7) is 2.22. The van der Waals surface area contributed by atoms with Gasteiger partial charge in [-0.2, -0.15) is 0 Å². The van der Waals surface area contributed by atoms with Crippen molar-refractivity contribution in [2.45, 2.75) is 55.6 Å². The third-order valence-corrected chi connectivity index (χ3v) is 8.27. The number of amides is 2. The van der Waals surface area contributed by atoms with Crippen molar-refractivity contribution in [2.75, 3.05) is 50.7 Å². The molecule has 2 aromatic rings. The first-order chi connectivity index (χ1) is 16.4. The Morgan fingerprint density at radius 2 is 1.65 bits per heavy atom. The zero-order valence-electron chi connectivity index (χ0n) is 20.5. The van der Waals surface area contributed by atoms with Crippen LogP contribution in [0.5, 0.6) is 0 Å². The standard InChI is InChI=1S/C26H36N6O2/c1-30(2)26(20-7-5-4-6-8-20)13-11-25(12-14-26)19-32(24(33)29-25)22-17-27-23(28-18-22)31(3)21-9-15-34-16-10-21/h4-8,17-18,21H,9-16,19H2,1-3H3,(H,29,33)/t25-,26-. The minimum atomic E-state index is -0.205. The summed E-state index contributed by atoms with van der Waals surface area (Å²) in [5.74, 6) is 0.696. The molecule has 2 amide bonds. The summed E-state index contributed by atoms with van der Waals surface area (Å²) >= 11 is 0. The van der Waals surface area contributed by atoms with E-state index in [9.17, 15) is 4.79 Å². The number of nitrogens with zero attached hydrogens (tertiary/aromatic N) is 5. The quantitative estimate of drug-likeness (QED) is 0.731. The Kier molecular flexibility index (Phi) is 6.20. The molecule has 1 spiro atoms. The van der Waals surface area contributed by atoms with Crippen LogP contribution in [0, 0.1) is 0 Å². The van der Waals surface area contributed by atoms with Gasteiger partial charge in [-0.05, 0) is 58.2 Å². The molecular formula is C26H36N6O2. The van der Waals surface area contributed by atoms with E-state index in [1.54, 1.807) is 12.4 Å². The molecule has 0 atom stereocenters. The maximum Gasteiger partial charge on any atom is 0.322 e. The molecule has 1 aromatic heterocycles. The summed E-state index contributed by atoms with van der Waals surface area (Å²) in [6, 6.07) is 11.1. The molecule has 3 heterocycles. The summed E-state index contributed by atoms with van der Waals surface area (Å²) in [5.41, 5.74) is 1.91. The van der Waals surface area contributed by atoms with Gasteiger partial charge < -0.3 is 15.0 Å². The first kappa shape index (κ1) is 23.1. The van der Waals surface area contributed by atoms with Crippen molar-refractivity contribution in [3.8, 4) is 0 Å². The van der Waals surface area contributed by atoms with Crippen molar-refractivity contribution in [3.05, 3.63) is 48.3 Å². The zero-order chi connectivity index (χ0) is 23.8. The number of hydrogen-bond acceptors (Lipinski definition) is 6. The van der Waals surface area contributed by atoms with Crippen LogP contribution >= 0.6 is 0 Å². The molecular weight excluding hydrogens is 428 g/mol. The number of benzene rings is 1. The number of ether oxygens (including phenoxy) is 1. The van der Waals surface area contributed by atoms with Crippen LogP contribution in [0.3, 0.4) is 0 Å². The van der Waals surface area contributed by atoms with E-state index in [1.807, 2.05) is 11.9 Å². The van der Waals surface area contributed by atoms with Gasteiger partial charge in [0.25, 0.3) is 0 Å². The van der Waals surface area contributed by atoms with E-state index in [0.717, 1.165) is 57.4 Å². The van der Waals surface area contributed by atoms with Gasteiger partial charge in [0, 0.05) is 31.8 Å². The fraction of sp³-hybridized carbons (Fsp3) is 0.577. The van der Waals surface area contributed by atoms with Gasteiger partial charge in [-0.25, -0.2) is 14.8 Å². The van der Waals surface area contributed by atoms with Gasteiger partial charge in [-0.15, -0.1) is 0 Å². The Balaban J connectivity index is 1.28. The number of aromatic nitrogens is 2. The number of urea groups is 1. The fourth-order valence-corrected chi connectivity index (χ4v) is 5.96. The second kappa shape index (κ2) is 9.15. The second-order valence-electron chi connectivity index (χ2n) is 10.3. The van der Waals surface area contributed by atoms with Crippen molar-refractivity contribution in [1.82, 2.24) is 20.2 Å². The fourth-order valence-electron chi connectivity index (χ4n) is 5.96. The Morgan fingerprint density at radius 1 is 1.00 bits per heavy atom. The Labute approximate surface area is 202 Å². The Morgan fingerprint density at radius 3 is 2.26 bits per heavy atom. The lowest BCUT2D eigenvalue weighted by Gasteiger charge is -2.48. The molecule has 0 bridgehead atoms. The van der Waals surface area contributed by atoms with Gasteiger partial charge in [-0.3, -0.25) is 9.80 Å². The monoisotopic (exact) mass is 464 g/mol. The van der Waals surface area contributed by atoms with E-state index in [2.05, 4.69) is 69.5 Å². The lowest BCUT2D eigenvalue weighted by molar-refractivity contribution is 0.0658. The number of hydrogen-bond donors (Lipinski definition) is 1. The zero-order valence-corrected chi connectivity index (χ0v) is 20.5. The smallest absolute Gasteiger partial charge is 0.322 e. The van der Waals surface area contributed by atoms with Crippen LogP contribution in [0.4, 0.5) is 16.4 Å². The molecule has 1 saturated carbocycles. The number of carbonyl (C=O) groups excluding carboxylic acids is 1. The SMILES string of the molecule is CN(c1ncc(N2C[C@]3(CC[C@@](c4ccccc4)(N(C)C)CC3)NC2=O)cn1)C1CCOCC1. The number of rotatable bonds is 5. The molecule has 1 aliphatic carbocycles. The highest BCUT2D eigenvalue weighted by molar-refractivity contribution is 5.95. The summed E-state index contributed by atoms with van der Waals surface area (Å²) in [4.78, 5) is 28.5. The van der Waals surface area contributed by atoms with E-state index in [1.165, 1.54) is 5.56 Å². The van der Waals surface area contributed by atoms with E-state index < -0.39 is 0 Å². The van der Waals surface area contributed by atoms with E-state index >= 15 is 0 Å². The van der Waals surface area contributed by atoms with Crippen LogP contribution in [-0.4, -0.2) is 73.4 Å². The van der Waals surface area contributed by atoms with E-state index in [4.69, 9.17) is 4.74 Å². The van der Waals surface area contributed by atoms with Crippen molar-refractivity contribution >= 4 is 17.7 Å². The maximum atomic E-state index is 13.0. The second-order valence-corrected chi connectivity index (χ2v) is 10.3. The molecule has 2 aliphatic heterocycles. The first-order valence-corrected chi connectivity index (χ1v) is 12.4. The average Bonchev–Trinajstić information content (AvgIpc) is 3.20. The third kappa shape index (κ3) is 4.14. The van der Waals surface area contributed by atoms with Gasteiger partial charge >= 0.3 is 6.03 Å². The lowest BCUT2D eigenvalue weighted by Crippen LogP contribution is -2.54. The minimum absolute atomic E-state index is 0.00413. The van der Waals surface area contributed by atoms with Gasteiger partial charge in [-0.1, -0.05) is 30.3 Å².